The minimum Gasteiger partial charge on any atom is -0.480 e. The zero-order valence-corrected chi connectivity index (χ0v) is 50.7. The molecule has 0 spiro atoms. The van der Waals surface area contributed by atoms with E-state index in [-0.39, 0.29) is 58.0 Å². The molecule has 0 saturated carbocycles. The number of hydrogen-bond acceptors (Lipinski definition) is 17. The molecule has 2 aromatic carbocycles. The van der Waals surface area contributed by atoms with Gasteiger partial charge in [0.1, 0.15) is 35.4 Å². The number of rotatable bonds is 34. The van der Waals surface area contributed by atoms with Gasteiger partial charge in [-0.25, -0.2) is 14.4 Å². The maximum Gasteiger partial charge on any atom is 0.407 e. The summed E-state index contributed by atoms with van der Waals surface area (Å²) in [5.74, 6) is -11.3. The molecule has 0 fully saturated rings. The molecule has 0 aromatic heterocycles. The summed E-state index contributed by atoms with van der Waals surface area (Å²) in [5.41, 5.74) is -0.434. The Bertz CT molecular complexity index is 2920. The van der Waals surface area contributed by atoms with E-state index < -0.39 is 170 Å². The Morgan fingerprint density at radius 3 is 1.21 bits per heavy atom. The van der Waals surface area contributed by atoms with Gasteiger partial charge < -0.3 is 46.5 Å². The molecule has 0 radical (unpaired) electrons. The fraction of sp³-hybridized carbons (Fsp3) is 0.500. The van der Waals surface area contributed by atoms with Crippen LogP contribution >= 0.6 is 0 Å². The smallest absolute Gasteiger partial charge is 0.407 e. The van der Waals surface area contributed by atoms with Crippen LogP contribution < -0.4 is 31.9 Å². The summed E-state index contributed by atoms with van der Waals surface area (Å²) in [6.45, 7) is 7.93. The molecule has 13 amide bonds. The third-order valence-electron chi connectivity index (χ3n) is 13.2. The summed E-state index contributed by atoms with van der Waals surface area (Å²) in [6, 6.07) is 10.9. The molecule has 2 aromatic rings. The first-order chi connectivity index (χ1) is 42.0. The van der Waals surface area contributed by atoms with E-state index in [1.54, 1.807) is 102 Å². The molecule has 4 rings (SSSR count). The number of imide groups is 2. The van der Waals surface area contributed by atoms with Crippen LogP contribution in [0.2, 0.25) is 0 Å². The molecular formula is C60H79N11O18. The van der Waals surface area contributed by atoms with Crippen molar-refractivity contribution in [2.24, 2.45) is 5.18 Å². The maximum absolute atomic E-state index is 14.5. The second kappa shape index (κ2) is 35.2. The van der Waals surface area contributed by atoms with Gasteiger partial charge in [-0.15, -0.1) is 4.91 Å². The molecule has 0 aliphatic carbocycles. The van der Waals surface area contributed by atoms with Crippen LogP contribution in [-0.4, -0.2) is 183 Å². The normalized spacial score (nSPS) is 14.2. The van der Waals surface area contributed by atoms with Gasteiger partial charge in [-0.2, -0.15) is 0 Å². The van der Waals surface area contributed by atoms with Crippen molar-refractivity contribution < 1.29 is 81.7 Å². The van der Waals surface area contributed by atoms with Gasteiger partial charge in [-0.1, -0.05) is 60.7 Å². The quantitative estimate of drug-likeness (QED) is 0.0228. The number of carboxylic acids is 1. The first kappa shape index (κ1) is 71.8. The number of benzene rings is 2. The molecule has 2 aliphatic rings. The van der Waals surface area contributed by atoms with Crippen LogP contribution in [-0.2, 0) is 79.8 Å². The van der Waals surface area contributed by atoms with Crippen molar-refractivity contribution >= 4 is 83.1 Å². The number of hydrogen-bond donors (Lipinski definition) is 7. The summed E-state index contributed by atoms with van der Waals surface area (Å²) in [5, 5.41) is 29.4. The van der Waals surface area contributed by atoms with E-state index in [9.17, 15) is 77.1 Å². The molecule has 0 bridgehead atoms. The minimum atomic E-state index is -1.46. The molecule has 0 unspecified atom stereocenters. The molecule has 2 aliphatic heterocycles. The van der Waals surface area contributed by atoms with Crippen LogP contribution in [0.1, 0.15) is 117 Å². The van der Waals surface area contributed by atoms with Crippen LogP contribution in [0.4, 0.5) is 9.59 Å². The number of unbranched alkanes of at least 4 members (excludes halogenated alkanes) is 2. The lowest BCUT2D eigenvalue weighted by Crippen LogP contribution is -2.55. The number of nitroso groups, excluding NO2 is 1. The Morgan fingerprint density at radius 1 is 0.506 bits per heavy atom. The van der Waals surface area contributed by atoms with Gasteiger partial charge in [-0.05, 0) is 91.2 Å². The molecule has 89 heavy (non-hydrogen) atoms. The summed E-state index contributed by atoms with van der Waals surface area (Å²) < 4.78 is 10.4. The van der Waals surface area contributed by atoms with Crippen molar-refractivity contribution in [2.75, 3.05) is 39.3 Å². The predicted octanol–water partition coefficient (Wildman–Crippen LogP) is 2.16. The number of carboxylic acid groups (broad SMARTS) is 1. The predicted molar refractivity (Wildman–Crippen MR) is 316 cm³/mol. The van der Waals surface area contributed by atoms with Crippen LogP contribution in [0.15, 0.2) is 90.1 Å². The fourth-order valence-electron chi connectivity index (χ4n) is 8.88. The highest BCUT2D eigenvalue weighted by molar-refractivity contribution is 6.13. The summed E-state index contributed by atoms with van der Waals surface area (Å²) in [4.78, 5) is 198. The van der Waals surface area contributed by atoms with E-state index in [4.69, 9.17) is 9.47 Å². The molecule has 29 heteroatoms. The Hall–Kier alpha value is -9.70. The van der Waals surface area contributed by atoms with E-state index in [0.29, 0.717) is 17.5 Å². The summed E-state index contributed by atoms with van der Waals surface area (Å²) in [6.07, 6.45) is 0.336. The maximum atomic E-state index is 14.5. The van der Waals surface area contributed by atoms with Crippen LogP contribution in [0.3, 0.4) is 0 Å². The lowest BCUT2D eigenvalue weighted by molar-refractivity contribution is -0.166. The summed E-state index contributed by atoms with van der Waals surface area (Å²) >= 11 is 0. The second-order valence-electron chi connectivity index (χ2n) is 22.7. The van der Waals surface area contributed by atoms with E-state index in [2.05, 4.69) is 37.1 Å². The Balaban J connectivity index is 1.61. The van der Waals surface area contributed by atoms with Crippen molar-refractivity contribution in [1.29, 1.82) is 0 Å². The van der Waals surface area contributed by atoms with Crippen molar-refractivity contribution in [3.8, 4) is 0 Å². The molecule has 482 valence electrons. The number of nitrogens with zero attached hydrogens (tertiary/aromatic N) is 5. The third kappa shape index (κ3) is 26.0. The Morgan fingerprint density at radius 2 is 0.865 bits per heavy atom. The number of amides is 13. The number of carbonyl (C=O) groups is 14. The van der Waals surface area contributed by atoms with Crippen LogP contribution in [0.25, 0.3) is 0 Å². The number of carbonyl (C=O) groups excluding carboxylic acids is 13. The Kier molecular flexibility index (Phi) is 28.4. The highest BCUT2D eigenvalue weighted by atomic mass is 16.6. The minimum absolute atomic E-state index is 0.0794. The number of aliphatic carboxylic acids is 1. The zero-order valence-electron chi connectivity index (χ0n) is 50.7. The average Bonchev–Trinajstić information content (AvgIpc) is 3.67. The van der Waals surface area contributed by atoms with E-state index in [0.717, 1.165) is 44.1 Å². The topological polar surface area (TPSA) is 392 Å². The fourth-order valence-corrected chi connectivity index (χ4v) is 8.88. The highest BCUT2D eigenvalue weighted by Gasteiger charge is 2.34. The van der Waals surface area contributed by atoms with Gasteiger partial charge in [0.05, 0.1) is 13.1 Å². The van der Waals surface area contributed by atoms with Crippen molar-refractivity contribution in [3.05, 3.63) is 101 Å². The number of alkyl carbamates (subject to hydrolysis) is 2. The highest BCUT2D eigenvalue weighted by Crippen LogP contribution is 2.16. The molecule has 0 saturated heterocycles. The standard InChI is InChI=1S/C60H79N11O18/c1-59(2,3)88-57(85)61-31-15-13-21-41(55(82)67-87)65-53(80)43(37-39-17-9-7-10-18-39)63-45(72)27-35-70(51(78)29-33-68-47(74)23-24-48(68)75)71(52(79)30-34-69-49(76)25-26-50(69)77)36-28-46(73)64-44(38-40-19-11-8-12-20-40)54(81)66-42(56(83)84)22-14-16-32-62-58(86)89-60(4,5)6/h7-12,17-20,23-26,41-44H,13-16,21-22,27-38H2,1-6H3,(H,61,85)(H,62,86)(H,63,72)(H,64,73)(H,65,80)(H,66,81)(H,83,84)/t41-,42-,43-,44-/m0/s1. The first-order valence-corrected chi connectivity index (χ1v) is 29.0. The first-order valence-electron chi connectivity index (χ1n) is 29.0. The van der Waals surface area contributed by atoms with Crippen molar-refractivity contribution in [3.63, 3.8) is 0 Å². The lowest BCUT2D eigenvalue weighted by Gasteiger charge is -2.36. The van der Waals surface area contributed by atoms with Crippen molar-refractivity contribution in [2.45, 2.75) is 154 Å². The Labute approximate surface area is 514 Å². The van der Waals surface area contributed by atoms with E-state index >= 15 is 0 Å². The summed E-state index contributed by atoms with van der Waals surface area (Å²) in [7, 11) is 0. The molecule has 7 N–H and O–H groups in total. The van der Waals surface area contributed by atoms with Crippen LogP contribution in [0, 0.1) is 4.91 Å². The van der Waals surface area contributed by atoms with Gasteiger partial charge in [-0.3, -0.25) is 72.6 Å². The van der Waals surface area contributed by atoms with Crippen LogP contribution in [0.5, 0.6) is 0 Å². The second-order valence-corrected chi connectivity index (χ2v) is 22.7. The van der Waals surface area contributed by atoms with Gasteiger partial charge in [0.15, 0.2) is 0 Å². The molecule has 2 heterocycles. The SMILES string of the molecule is CC(C)(C)OC(=O)NCCCC[C@H](NC(=O)[C@H](Cc1ccccc1)NC(=O)CCN(C(=O)CCN1C(=O)C=CC1=O)N(CCC(=O)N[C@@H](Cc1ccccc1)C(=O)N[C@@H](CCCCNC(=O)OC(C)(C)C)C(=O)N=O)C(=O)CCN1C(=O)C=CC1=O)C(=O)O. The van der Waals surface area contributed by atoms with Gasteiger partial charge in [0.2, 0.25) is 35.4 Å². The number of nitrogens with one attached hydrogen (secondary N) is 6. The number of hydrazine groups is 1. The van der Waals surface area contributed by atoms with Gasteiger partial charge in [0.25, 0.3) is 23.6 Å². The monoisotopic (exact) mass is 1240 g/mol. The van der Waals surface area contributed by atoms with E-state index in [1.165, 1.54) is 0 Å². The largest absolute Gasteiger partial charge is 0.480 e. The van der Waals surface area contributed by atoms with Gasteiger partial charge in [0, 0.05) is 94.2 Å². The van der Waals surface area contributed by atoms with Gasteiger partial charge >= 0.3 is 24.1 Å². The average molecular weight is 1240 g/mol. The zero-order chi connectivity index (χ0) is 65.8. The lowest BCUT2D eigenvalue weighted by atomic mass is 10.0. The van der Waals surface area contributed by atoms with E-state index in [1.807, 2.05) is 0 Å². The number of ether oxygens (including phenoxy) is 2. The molecule has 29 nitrogen and oxygen atoms in total. The third-order valence-corrected chi connectivity index (χ3v) is 13.2. The molecule has 4 atom stereocenters. The van der Waals surface area contributed by atoms with Crippen molar-refractivity contribution in [1.82, 2.24) is 51.7 Å². The molecular weight excluding hydrogens is 1160 g/mol.